The van der Waals surface area contributed by atoms with Gasteiger partial charge in [-0.05, 0) is 0 Å². The Morgan fingerprint density at radius 1 is 0.542 bits per heavy atom. The lowest BCUT2D eigenvalue weighted by Gasteiger charge is -2.48. The first-order valence-corrected chi connectivity index (χ1v) is 15.1. The molecule has 48 heavy (non-hydrogen) atoms. The van der Waals surface area contributed by atoms with Gasteiger partial charge in [0.1, 0.15) is 97.6 Å². The number of carbonyl (C=O) groups excluding carboxylic acids is 1. The van der Waals surface area contributed by atoms with Gasteiger partial charge in [0.05, 0.1) is 26.4 Å². The molecule has 4 aliphatic heterocycles. The van der Waals surface area contributed by atoms with Crippen LogP contribution in [-0.4, -0.2) is 221 Å². The summed E-state index contributed by atoms with van der Waals surface area (Å²) in [5, 5.41) is 135. The maximum atomic E-state index is 12.1. The molecule has 1 amide bonds. The predicted octanol–water partition coefficient (Wildman–Crippen LogP) is -9.61. The molecule has 0 aromatic rings. The standard InChI is InChI=1S/C26H45NO21/c1-6(31)27-11-14(34)21(47-25-19(39)15(35)12(32)7(2-28)44-25)9(4-30)45-24(11)42-5-10-13(33)16(36)20(40)26(46-10)48-22-8(3-29)43-23(41)18(38)17(22)37/h7-26,28-30,32-41H,2-5H2,1H3,(H,27,31)/t7-,8-,9-,10-,11-,12+,13+,14+,15+,16+,17-,18-,19-,20-,21-,22-,23?,24-,25+,26+/m1/s1. The predicted molar refractivity (Wildman–Crippen MR) is 145 cm³/mol. The summed E-state index contributed by atoms with van der Waals surface area (Å²) in [7, 11) is 0. The SMILES string of the molecule is CC(=O)N[C@H]1[C@H](OC[C@H]2O[C@@H](O[C@H]3[C@H](O)[C@@H](O)C(O)O[C@@H]3CO)[C@H](O)[C@@H](O)[C@H]2O)O[C@H](CO)[C@@H](O[C@@H]2O[C@H](CO)[C@H](O)[C@H](O)[C@H]2O)[C@H]1O. The number of nitrogens with one attached hydrogen (secondary N) is 1. The van der Waals surface area contributed by atoms with Gasteiger partial charge >= 0.3 is 0 Å². The van der Waals surface area contributed by atoms with Gasteiger partial charge < -0.3 is 105 Å². The van der Waals surface area contributed by atoms with Crippen LogP contribution in [0.4, 0.5) is 0 Å². The molecular weight excluding hydrogens is 662 g/mol. The van der Waals surface area contributed by atoms with Gasteiger partial charge in [-0.15, -0.1) is 0 Å². The van der Waals surface area contributed by atoms with Gasteiger partial charge in [0, 0.05) is 6.92 Å². The largest absolute Gasteiger partial charge is 0.394 e. The molecule has 0 bridgehead atoms. The highest BCUT2D eigenvalue weighted by atomic mass is 16.8. The van der Waals surface area contributed by atoms with Crippen LogP contribution in [0.3, 0.4) is 0 Å². The van der Waals surface area contributed by atoms with Crippen molar-refractivity contribution in [1.29, 1.82) is 0 Å². The number of carbonyl (C=O) groups is 1. The van der Waals surface area contributed by atoms with Crippen LogP contribution in [0.2, 0.25) is 0 Å². The second kappa shape index (κ2) is 16.8. The zero-order valence-electron chi connectivity index (χ0n) is 25.5. The van der Waals surface area contributed by atoms with Crippen LogP contribution in [0.5, 0.6) is 0 Å². The summed E-state index contributed by atoms with van der Waals surface area (Å²) in [6, 6.07) is -1.49. The molecule has 0 saturated carbocycles. The second-order valence-corrected chi connectivity index (χ2v) is 11.9. The molecule has 4 aliphatic rings. The Kier molecular flexibility index (Phi) is 13.8. The summed E-state index contributed by atoms with van der Waals surface area (Å²) in [6.45, 7) is -2.07. The Hall–Kier alpha value is -1.33. The molecule has 20 atom stereocenters. The topological polar surface area (TPSA) is 357 Å². The van der Waals surface area contributed by atoms with Crippen LogP contribution >= 0.6 is 0 Å². The van der Waals surface area contributed by atoms with Crippen LogP contribution in [0.1, 0.15) is 6.92 Å². The first kappa shape index (κ1) is 39.5. The van der Waals surface area contributed by atoms with Crippen LogP contribution in [-0.2, 0) is 38.0 Å². The van der Waals surface area contributed by atoms with E-state index >= 15 is 0 Å². The molecule has 280 valence electrons. The lowest BCUT2D eigenvalue weighted by atomic mass is 9.95. The Morgan fingerprint density at radius 2 is 1.00 bits per heavy atom. The molecule has 1 unspecified atom stereocenters. The van der Waals surface area contributed by atoms with E-state index in [9.17, 15) is 71.2 Å². The third-order valence-corrected chi connectivity index (χ3v) is 8.59. The fourth-order valence-electron chi connectivity index (χ4n) is 5.85. The van der Waals surface area contributed by atoms with E-state index in [1.54, 1.807) is 0 Å². The number of hydrogen-bond acceptors (Lipinski definition) is 21. The van der Waals surface area contributed by atoms with Gasteiger partial charge in [-0.25, -0.2) is 0 Å². The minimum atomic E-state index is -1.95. The maximum absolute atomic E-state index is 12.1. The quantitative estimate of drug-likeness (QED) is 0.0947. The molecule has 22 heteroatoms. The number of aliphatic hydroxyl groups is 13. The Labute approximate surface area is 272 Å². The van der Waals surface area contributed by atoms with Gasteiger partial charge in [0.2, 0.25) is 5.91 Å². The lowest BCUT2D eigenvalue weighted by molar-refractivity contribution is -0.364. The number of rotatable bonds is 11. The van der Waals surface area contributed by atoms with Crippen LogP contribution < -0.4 is 5.32 Å². The maximum Gasteiger partial charge on any atom is 0.217 e. The van der Waals surface area contributed by atoms with Crippen molar-refractivity contribution in [3.8, 4) is 0 Å². The summed E-state index contributed by atoms with van der Waals surface area (Å²) in [5.74, 6) is -0.703. The van der Waals surface area contributed by atoms with Crippen molar-refractivity contribution in [2.45, 2.75) is 130 Å². The lowest BCUT2D eigenvalue weighted by Crippen LogP contribution is -2.68. The van der Waals surface area contributed by atoms with Gasteiger partial charge in [-0.1, -0.05) is 0 Å². The zero-order chi connectivity index (χ0) is 35.6. The molecular formula is C26H45NO21. The zero-order valence-corrected chi connectivity index (χ0v) is 25.5. The molecule has 4 rings (SSSR count). The Morgan fingerprint density at radius 3 is 1.52 bits per heavy atom. The van der Waals surface area contributed by atoms with E-state index in [0.717, 1.165) is 6.92 Å². The molecule has 4 fully saturated rings. The third kappa shape index (κ3) is 8.24. The Bertz CT molecular complexity index is 1030. The first-order valence-electron chi connectivity index (χ1n) is 15.1. The van der Waals surface area contributed by atoms with Crippen LogP contribution in [0.25, 0.3) is 0 Å². The van der Waals surface area contributed by atoms with Gasteiger partial charge in [-0.3, -0.25) is 4.79 Å². The minimum Gasteiger partial charge on any atom is -0.394 e. The van der Waals surface area contributed by atoms with Crippen molar-refractivity contribution < 1.29 is 104 Å². The molecule has 22 nitrogen and oxygen atoms in total. The molecule has 0 spiro atoms. The average molecular weight is 708 g/mol. The van der Waals surface area contributed by atoms with Crippen LogP contribution in [0, 0.1) is 0 Å². The van der Waals surface area contributed by atoms with E-state index in [2.05, 4.69) is 5.32 Å². The van der Waals surface area contributed by atoms with E-state index in [0.29, 0.717) is 0 Å². The highest BCUT2D eigenvalue weighted by Gasteiger charge is 2.53. The fourth-order valence-corrected chi connectivity index (χ4v) is 5.85. The highest BCUT2D eigenvalue weighted by molar-refractivity contribution is 5.73. The molecule has 14 N–H and O–H groups in total. The van der Waals surface area contributed by atoms with Crippen molar-refractivity contribution in [3.63, 3.8) is 0 Å². The minimum absolute atomic E-state index is 0.703. The molecule has 4 heterocycles. The summed E-state index contributed by atoms with van der Waals surface area (Å²) in [6.07, 6.45) is -32.8. The van der Waals surface area contributed by atoms with Crippen molar-refractivity contribution in [2.24, 2.45) is 0 Å². The van der Waals surface area contributed by atoms with Crippen molar-refractivity contribution in [1.82, 2.24) is 5.32 Å². The van der Waals surface area contributed by atoms with Crippen molar-refractivity contribution in [2.75, 3.05) is 26.4 Å². The van der Waals surface area contributed by atoms with Crippen molar-refractivity contribution >= 4 is 5.91 Å². The average Bonchev–Trinajstić information content (AvgIpc) is 3.06. The fraction of sp³-hybridized carbons (Fsp3) is 0.962. The van der Waals surface area contributed by atoms with Gasteiger partial charge in [-0.2, -0.15) is 0 Å². The number of amides is 1. The smallest absolute Gasteiger partial charge is 0.217 e. The van der Waals surface area contributed by atoms with Crippen molar-refractivity contribution in [3.05, 3.63) is 0 Å². The summed E-state index contributed by atoms with van der Waals surface area (Å²) in [4.78, 5) is 12.1. The van der Waals surface area contributed by atoms with E-state index < -0.39 is 155 Å². The summed E-state index contributed by atoms with van der Waals surface area (Å²) >= 11 is 0. The van der Waals surface area contributed by atoms with Gasteiger partial charge in [0.25, 0.3) is 0 Å². The van der Waals surface area contributed by atoms with Crippen LogP contribution in [0.15, 0.2) is 0 Å². The van der Waals surface area contributed by atoms with E-state index in [1.165, 1.54) is 0 Å². The Balaban J connectivity index is 1.47. The summed E-state index contributed by atoms with van der Waals surface area (Å²) < 4.78 is 38.4. The monoisotopic (exact) mass is 707 g/mol. The molecule has 4 saturated heterocycles. The second-order valence-electron chi connectivity index (χ2n) is 11.9. The van der Waals surface area contributed by atoms with Gasteiger partial charge in [0.15, 0.2) is 25.2 Å². The third-order valence-electron chi connectivity index (χ3n) is 8.59. The van der Waals surface area contributed by atoms with E-state index in [4.69, 9.17) is 33.2 Å². The first-order chi connectivity index (χ1) is 22.6. The molecule has 0 aromatic heterocycles. The number of ether oxygens (including phenoxy) is 7. The number of aliphatic hydroxyl groups excluding tert-OH is 13. The highest BCUT2D eigenvalue weighted by Crippen LogP contribution is 2.32. The molecule has 0 radical (unpaired) electrons. The van der Waals surface area contributed by atoms with E-state index in [1.807, 2.05) is 0 Å². The normalized spacial score (nSPS) is 50.2. The summed E-state index contributed by atoms with van der Waals surface area (Å²) in [5.41, 5.74) is 0. The molecule has 0 aromatic carbocycles. The number of hydrogen-bond donors (Lipinski definition) is 14. The van der Waals surface area contributed by atoms with E-state index in [-0.39, 0.29) is 0 Å². The molecule has 0 aliphatic carbocycles.